The molecule has 1 rings (SSSR count). The van der Waals surface area contributed by atoms with E-state index in [2.05, 4.69) is 43.1 Å². The molecule has 1 fully saturated rings. The Bertz CT molecular complexity index is 143. The summed E-state index contributed by atoms with van der Waals surface area (Å²) < 4.78 is 0. The molecule has 1 aliphatic heterocycles. The third kappa shape index (κ3) is 3.25. The van der Waals surface area contributed by atoms with Crippen molar-refractivity contribution in [2.75, 3.05) is 40.3 Å². The summed E-state index contributed by atoms with van der Waals surface area (Å²) in [5, 5.41) is 3.30. The first-order valence-corrected chi connectivity index (χ1v) is 5.22. The van der Waals surface area contributed by atoms with Gasteiger partial charge in [0.15, 0.2) is 0 Å². The Morgan fingerprint density at radius 2 is 1.85 bits per heavy atom. The SMILES string of the molecule is CC(C)N(C)CCN(C)C1CNC1. The lowest BCUT2D eigenvalue weighted by atomic mass is 10.1. The van der Waals surface area contributed by atoms with Gasteiger partial charge in [0.05, 0.1) is 0 Å². The van der Waals surface area contributed by atoms with Crippen LogP contribution in [-0.2, 0) is 0 Å². The van der Waals surface area contributed by atoms with Gasteiger partial charge in [0, 0.05) is 38.3 Å². The van der Waals surface area contributed by atoms with Crippen molar-refractivity contribution in [1.82, 2.24) is 15.1 Å². The van der Waals surface area contributed by atoms with Gasteiger partial charge in [-0.3, -0.25) is 4.90 Å². The van der Waals surface area contributed by atoms with Crippen LogP contribution in [0.2, 0.25) is 0 Å². The van der Waals surface area contributed by atoms with Gasteiger partial charge in [0.25, 0.3) is 0 Å². The van der Waals surface area contributed by atoms with Crippen LogP contribution >= 0.6 is 0 Å². The van der Waals surface area contributed by atoms with Gasteiger partial charge < -0.3 is 10.2 Å². The average Bonchev–Trinajstić information content (AvgIpc) is 1.96. The molecule has 1 N–H and O–H groups in total. The molecule has 1 saturated heterocycles. The van der Waals surface area contributed by atoms with Gasteiger partial charge in [-0.05, 0) is 27.9 Å². The van der Waals surface area contributed by atoms with Gasteiger partial charge in [-0.25, -0.2) is 0 Å². The molecule has 0 spiro atoms. The van der Waals surface area contributed by atoms with Crippen LogP contribution in [0.5, 0.6) is 0 Å². The number of nitrogens with zero attached hydrogens (tertiary/aromatic N) is 2. The Hall–Kier alpha value is -0.120. The normalized spacial score (nSPS) is 18.7. The van der Waals surface area contributed by atoms with Crippen molar-refractivity contribution in [3.8, 4) is 0 Å². The zero-order valence-electron chi connectivity index (χ0n) is 9.38. The fourth-order valence-electron chi connectivity index (χ4n) is 1.34. The summed E-state index contributed by atoms with van der Waals surface area (Å²) in [6.07, 6.45) is 0. The third-order valence-electron chi connectivity index (χ3n) is 3.07. The molecule has 3 nitrogen and oxygen atoms in total. The van der Waals surface area contributed by atoms with Crippen LogP contribution in [0.4, 0.5) is 0 Å². The highest BCUT2D eigenvalue weighted by molar-refractivity contribution is 4.82. The molecule has 78 valence electrons. The maximum Gasteiger partial charge on any atom is 0.0342 e. The van der Waals surface area contributed by atoms with Gasteiger partial charge >= 0.3 is 0 Å². The molecule has 0 saturated carbocycles. The zero-order chi connectivity index (χ0) is 9.84. The van der Waals surface area contributed by atoms with Crippen LogP contribution in [0.3, 0.4) is 0 Å². The number of hydrogen-bond acceptors (Lipinski definition) is 3. The van der Waals surface area contributed by atoms with E-state index in [9.17, 15) is 0 Å². The van der Waals surface area contributed by atoms with Gasteiger partial charge in [-0.15, -0.1) is 0 Å². The van der Waals surface area contributed by atoms with E-state index in [1.807, 2.05) is 0 Å². The minimum atomic E-state index is 0.660. The predicted molar refractivity (Wildman–Crippen MR) is 57.1 cm³/mol. The molecule has 0 aromatic rings. The number of rotatable bonds is 5. The lowest BCUT2D eigenvalue weighted by Crippen LogP contribution is -2.57. The van der Waals surface area contributed by atoms with Crippen molar-refractivity contribution in [3.63, 3.8) is 0 Å². The topological polar surface area (TPSA) is 18.5 Å². The molecular formula is C10H23N3. The summed E-state index contributed by atoms with van der Waals surface area (Å²) in [7, 11) is 4.41. The Morgan fingerprint density at radius 3 is 2.23 bits per heavy atom. The summed E-state index contributed by atoms with van der Waals surface area (Å²) >= 11 is 0. The molecule has 13 heavy (non-hydrogen) atoms. The first-order chi connectivity index (χ1) is 6.11. The van der Waals surface area contributed by atoms with Gasteiger partial charge in [0.2, 0.25) is 0 Å². The largest absolute Gasteiger partial charge is 0.314 e. The van der Waals surface area contributed by atoms with Gasteiger partial charge in [-0.1, -0.05) is 0 Å². The third-order valence-corrected chi connectivity index (χ3v) is 3.07. The van der Waals surface area contributed by atoms with E-state index in [1.54, 1.807) is 0 Å². The standard InChI is InChI=1S/C10H23N3/c1-9(2)12(3)5-6-13(4)10-7-11-8-10/h9-11H,5-8H2,1-4H3. The Balaban J connectivity index is 2.10. The smallest absolute Gasteiger partial charge is 0.0342 e. The van der Waals surface area contributed by atoms with E-state index in [0.29, 0.717) is 6.04 Å². The second-order valence-electron chi connectivity index (χ2n) is 4.37. The number of nitrogens with one attached hydrogen (secondary N) is 1. The van der Waals surface area contributed by atoms with Crippen molar-refractivity contribution in [3.05, 3.63) is 0 Å². The van der Waals surface area contributed by atoms with E-state index in [1.165, 1.54) is 26.2 Å². The molecule has 1 aliphatic rings. The molecule has 0 aromatic heterocycles. The van der Waals surface area contributed by atoms with Crippen LogP contribution < -0.4 is 5.32 Å². The highest BCUT2D eigenvalue weighted by Gasteiger charge is 2.21. The van der Waals surface area contributed by atoms with Crippen LogP contribution in [0.1, 0.15) is 13.8 Å². The molecule has 0 radical (unpaired) electrons. The lowest BCUT2D eigenvalue weighted by Gasteiger charge is -2.36. The molecule has 3 heteroatoms. The summed E-state index contributed by atoms with van der Waals surface area (Å²) in [6.45, 7) is 9.17. The molecule has 1 heterocycles. The van der Waals surface area contributed by atoms with E-state index >= 15 is 0 Å². The molecule has 0 aliphatic carbocycles. The molecule has 0 bridgehead atoms. The Kier molecular flexibility index (Phi) is 4.16. The quantitative estimate of drug-likeness (QED) is 0.661. The van der Waals surface area contributed by atoms with E-state index < -0.39 is 0 Å². The molecule has 0 atom stereocenters. The second kappa shape index (κ2) is 4.94. The summed E-state index contributed by atoms with van der Waals surface area (Å²) in [6, 6.07) is 1.44. The van der Waals surface area contributed by atoms with Crippen molar-refractivity contribution in [1.29, 1.82) is 0 Å². The first kappa shape index (κ1) is 11.0. The minimum absolute atomic E-state index is 0.660. The molecule has 0 aromatic carbocycles. The van der Waals surface area contributed by atoms with E-state index in [4.69, 9.17) is 0 Å². The van der Waals surface area contributed by atoms with Crippen molar-refractivity contribution in [2.45, 2.75) is 25.9 Å². The highest BCUT2D eigenvalue weighted by atomic mass is 15.2. The van der Waals surface area contributed by atoms with Crippen LogP contribution in [0, 0.1) is 0 Å². The van der Waals surface area contributed by atoms with E-state index in [-0.39, 0.29) is 0 Å². The second-order valence-corrected chi connectivity index (χ2v) is 4.37. The average molecular weight is 185 g/mol. The monoisotopic (exact) mass is 185 g/mol. The maximum absolute atomic E-state index is 3.30. The predicted octanol–water partition coefficient (Wildman–Crippen LogP) is 0.230. The van der Waals surface area contributed by atoms with Crippen LogP contribution in [0.15, 0.2) is 0 Å². The minimum Gasteiger partial charge on any atom is -0.314 e. The summed E-state index contributed by atoms with van der Waals surface area (Å²) in [5.74, 6) is 0. The van der Waals surface area contributed by atoms with Crippen LogP contribution in [-0.4, -0.2) is 62.2 Å². The number of hydrogen-bond donors (Lipinski definition) is 1. The molecular weight excluding hydrogens is 162 g/mol. The molecule has 0 amide bonds. The number of likely N-dealkylation sites (N-methyl/N-ethyl adjacent to an activating group) is 2. The van der Waals surface area contributed by atoms with Crippen LogP contribution in [0.25, 0.3) is 0 Å². The highest BCUT2D eigenvalue weighted by Crippen LogP contribution is 2.02. The van der Waals surface area contributed by atoms with E-state index in [0.717, 1.165) is 6.04 Å². The fraction of sp³-hybridized carbons (Fsp3) is 1.00. The Morgan fingerprint density at radius 1 is 1.23 bits per heavy atom. The first-order valence-electron chi connectivity index (χ1n) is 5.22. The maximum atomic E-state index is 3.30. The van der Waals surface area contributed by atoms with Gasteiger partial charge in [-0.2, -0.15) is 0 Å². The zero-order valence-corrected chi connectivity index (χ0v) is 9.38. The summed E-state index contributed by atoms with van der Waals surface area (Å²) in [5.41, 5.74) is 0. The van der Waals surface area contributed by atoms with Gasteiger partial charge in [0.1, 0.15) is 0 Å². The van der Waals surface area contributed by atoms with Crippen molar-refractivity contribution >= 4 is 0 Å². The lowest BCUT2D eigenvalue weighted by molar-refractivity contribution is 0.151. The fourth-order valence-corrected chi connectivity index (χ4v) is 1.34. The van der Waals surface area contributed by atoms with Crippen molar-refractivity contribution < 1.29 is 0 Å². The Labute approximate surface area is 82.1 Å². The van der Waals surface area contributed by atoms with Crippen molar-refractivity contribution in [2.24, 2.45) is 0 Å². The molecule has 0 unspecified atom stereocenters. The summed E-state index contributed by atoms with van der Waals surface area (Å²) in [4.78, 5) is 4.85.